The molecule has 8 heteroatoms. The fraction of sp³-hybridized carbons (Fsp3) is 0.125. The van der Waals surface area contributed by atoms with Crippen LogP contribution in [0.5, 0.6) is 11.5 Å². The van der Waals surface area contributed by atoms with Gasteiger partial charge in [0.15, 0.2) is 11.5 Å². The summed E-state index contributed by atoms with van der Waals surface area (Å²) < 4.78 is 11.5. The molecule has 0 aromatic heterocycles. The highest BCUT2D eigenvalue weighted by Crippen LogP contribution is 2.28. The summed E-state index contributed by atoms with van der Waals surface area (Å²) >= 11 is 5.80. The van der Waals surface area contributed by atoms with E-state index < -0.39 is 11.8 Å². The van der Waals surface area contributed by atoms with Crippen LogP contribution < -0.4 is 20.2 Å². The van der Waals surface area contributed by atoms with Gasteiger partial charge >= 0.3 is 11.8 Å². The maximum absolute atomic E-state index is 11.9. The molecule has 0 radical (unpaired) electrons. The first-order valence-electron chi connectivity index (χ1n) is 9.88. The quantitative estimate of drug-likeness (QED) is 0.301. The molecule has 0 heterocycles. The van der Waals surface area contributed by atoms with Crippen LogP contribution in [-0.4, -0.2) is 24.6 Å². The summed E-state index contributed by atoms with van der Waals surface area (Å²) in [6.45, 7) is 2.75. The van der Waals surface area contributed by atoms with Crippen molar-refractivity contribution in [1.82, 2.24) is 5.43 Å². The van der Waals surface area contributed by atoms with E-state index >= 15 is 0 Å². The Morgan fingerprint density at radius 1 is 0.938 bits per heavy atom. The lowest BCUT2D eigenvalue weighted by molar-refractivity contribution is -0.136. The SMILES string of the molecule is CCOc1cc(/C=N/NC(=O)C(=O)Nc2ccc(Cl)cc2)ccc1OCc1ccccc1. The minimum absolute atomic E-state index is 0.410. The third-order valence-corrected chi connectivity index (χ3v) is 4.44. The number of ether oxygens (including phenoxy) is 2. The number of nitrogens with one attached hydrogen (secondary N) is 2. The molecule has 0 saturated heterocycles. The molecule has 2 N–H and O–H groups in total. The van der Waals surface area contributed by atoms with Crippen molar-refractivity contribution in [3.63, 3.8) is 0 Å². The van der Waals surface area contributed by atoms with E-state index in [1.165, 1.54) is 6.21 Å². The molecule has 164 valence electrons. The van der Waals surface area contributed by atoms with Gasteiger partial charge in [0.25, 0.3) is 0 Å². The lowest BCUT2D eigenvalue weighted by Crippen LogP contribution is -2.32. The molecule has 0 bridgehead atoms. The Morgan fingerprint density at radius 2 is 1.69 bits per heavy atom. The van der Waals surface area contributed by atoms with Crippen LogP contribution in [-0.2, 0) is 16.2 Å². The van der Waals surface area contributed by atoms with Crippen molar-refractivity contribution in [2.75, 3.05) is 11.9 Å². The smallest absolute Gasteiger partial charge is 0.329 e. The summed E-state index contributed by atoms with van der Waals surface area (Å²) in [5, 5.41) is 6.83. The molecule has 7 nitrogen and oxygen atoms in total. The third kappa shape index (κ3) is 6.85. The molecule has 3 aromatic rings. The summed E-state index contributed by atoms with van der Waals surface area (Å²) in [6.07, 6.45) is 1.41. The fourth-order valence-corrected chi connectivity index (χ4v) is 2.79. The number of carbonyl (C=O) groups excluding carboxylic acids is 2. The van der Waals surface area contributed by atoms with Crippen molar-refractivity contribution in [2.24, 2.45) is 5.10 Å². The third-order valence-electron chi connectivity index (χ3n) is 4.19. The predicted octanol–water partition coefficient (Wildman–Crippen LogP) is 4.41. The van der Waals surface area contributed by atoms with Gasteiger partial charge in [-0.15, -0.1) is 0 Å². The minimum atomic E-state index is -0.899. The average molecular weight is 452 g/mol. The fourth-order valence-electron chi connectivity index (χ4n) is 2.67. The molecule has 0 atom stereocenters. The molecule has 0 saturated carbocycles. The van der Waals surface area contributed by atoms with E-state index in [0.29, 0.717) is 41.0 Å². The highest BCUT2D eigenvalue weighted by Gasteiger charge is 2.13. The van der Waals surface area contributed by atoms with E-state index in [2.05, 4.69) is 15.8 Å². The van der Waals surface area contributed by atoms with E-state index in [1.54, 1.807) is 42.5 Å². The molecular weight excluding hydrogens is 430 g/mol. The minimum Gasteiger partial charge on any atom is -0.490 e. The van der Waals surface area contributed by atoms with Crippen LogP contribution in [0.25, 0.3) is 0 Å². The monoisotopic (exact) mass is 451 g/mol. The zero-order valence-electron chi connectivity index (χ0n) is 17.4. The van der Waals surface area contributed by atoms with Crippen LogP contribution in [0.3, 0.4) is 0 Å². The van der Waals surface area contributed by atoms with Gasteiger partial charge in [-0.3, -0.25) is 9.59 Å². The standard InChI is InChI=1S/C24H22ClN3O4/c1-2-31-22-14-18(8-13-21(22)32-16-17-6-4-3-5-7-17)15-26-28-24(30)23(29)27-20-11-9-19(25)10-12-20/h3-15H,2,16H2,1H3,(H,27,29)(H,28,30)/b26-15+. The molecule has 2 amide bonds. The highest BCUT2D eigenvalue weighted by molar-refractivity contribution is 6.39. The first-order valence-corrected chi connectivity index (χ1v) is 10.3. The number of nitrogens with zero attached hydrogens (tertiary/aromatic N) is 1. The second-order valence-corrected chi connectivity index (χ2v) is 7.01. The van der Waals surface area contributed by atoms with Gasteiger partial charge in [-0.25, -0.2) is 5.43 Å². The number of hydrogen-bond acceptors (Lipinski definition) is 5. The van der Waals surface area contributed by atoms with Crippen LogP contribution in [0, 0.1) is 0 Å². The molecule has 3 rings (SSSR count). The Labute approximate surface area is 191 Å². The van der Waals surface area contributed by atoms with E-state index in [0.717, 1.165) is 5.56 Å². The average Bonchev–Trinajstić information content (AvgIpc) is 2.81. The van der Waals surface area contributed by atoms with Crippen LogP contribution in [0.15, 0.2) is 77.9 Å². The van der Waals surface area contributed by atoms with Crippen LogP contribution in [0.1, 0.15) is 18.1 Å². The number of hydrazone groups is 1. The van der Waals surface area contributed by atoms with E-state index in [1.807, 2.05) is 37.3 Å². The van der Waals surface area contributed by atoms with Crippen molar-refractivity contribution in [3.05, 3.63) is 88.9 Å². The Kier molecular flexibility index (Phi) is 8.22. The Balaban J connectivity index is 1.58. The number of rotatable bonds is 8. The summed E-state index contributed by atoms with van der Waals surface area (Å²) in [5.74, 6) is -0.591. The van der Waals surface area contributed by atoms with Crippen LogP contribution >= 0.6 is 11.6 Å². The van der Waals surface area contributed by atoms with Gasteiger partial charge in [0, 0.05) is 10.7 Å². The number of anilines is 1. The van der Waals surface area contributed by atoms with Gasteiger partial charge in [0.05, 0.1) is 12.8 Å². The topological polar surface area (TPSA) is 89.0 Å². The summed E-state index contributed by atoms with van der Waals surface area (Å²) in [6, 6.07) is 21.5. The second-order valence-electron chi connectivity index (χ2n) is 6.57. The Hall–Kier alpha value is -3.84. The lowest BCUT2D eigenvalue weighted by atomic mass is 10.2. The van der Waals surface area contributed by atoms with Crippen LogP contribution in [0.2, 0.25) is 5.02 Å². The summed E-state index contributed by atoms with van der Waals surface area (Å²) in [4.78, 5) is 23.9. The molecule has 0 aliphatic rings. The Bertz CT molecular complexity index is 1090. The highest BCUT2D eigenvalue weighted by atomic mass is 35.5. The zero-order valence-corrected chi connectivity index (χ0v) is 18.1. The number of benzene rings is 3. The second kappa shape index (κ2) is 11.5. The molecule has 3 aromatic carbocycles. The van der Waals surface area contributed by atoms with Gasteiger partial charge < -0.3 is 14.8 Å². The number of halogens is 1. The van der Waals surface area contributed by atoms with E-state index in [9.17, 15) is 9.59 Å². The maximum Gasteiger partial charge on any atom is 0.329 e. The predicted molar refractivity (Wildman–Crippen MR) is 124 cm³/mol. The first-order chi connectivity index (χ1) is 15.5. The lowest BCUT2D eigenvalue weighted by Gasteiger charge is -2.12. The molecule has 0 spiro atoms. The van der Waals surface area contributed by atoms with Gasteiger partial charge in [0.1, 0.15) is 6.61 Å². The largest absolute Gasteiger partial charge is 0.490 e. The van der Waals surface area contributed by atoms with Crippen molar-refractivity contribution >= 4 is 35.3 Å². The molecule has 0 fully saturated rings. The molecule has 0 aliphatic carbocycles. The molecule has 0 aliphatic heterocycles. The number of carbonyl (C=O) groups is 2. The van der Waals surface area contributed by atoms with Gasteiger partial charge in [-0.2, -0.15) is 5.10 Å². The summed E-state index contributed by atoms with van der Waals surface area (Å²) in [7, 11) is 0. The molecule has 0 unspecified atom stereocenters. The molecular formula is C24H22ClN3O4. The van der Waals surface area contributed by atoms with E-state index in [-0.39, 0.29) is 0 Å². The van der Waals surface area contributed by atoms with E-state index in [4.69, 9.17) is 21.1 Å². The summed E-state index contributed by atoms with van der Waals surface area (Å²) in [5.41, 5.74) is 4.35. The first kappa shape index (κ1) is 22.8. The van der Waals surface area contributed by atoms with Crippen molar-refractivity contribution in [2.45, 2.75) is 13.5 Å². The van der Waals surface area contributed by atoms with Crippen LogP contribution in [0.4, 0.5) is 5.69 Å². The Morgan fingerprint density at radius 3 is 2.41 bits per heavy atom. The van der Waals surface area contributed by atoms with Crippen molar-refractivity contribution < 1.29 is 19.1 Å². The van der Waals surface area contributed by atoms with Crippen molar-refractivity contribution in [3.8, 4) is 11.5 Å². The van der Waals surface area contributed by atoms with Gasteiger partial charge in [-0.05, 0) is 60.5 Å². The zero-order chi connectivity index (χ0) is 22.8. The van der Waals surface area contributed by atoms with Crippen molar-refractivity contribution in [1.29, 1.82) is 0 Å². The van der Waals surface area contributed by atoms with Gasteiger partial charge in [-0.1, -0.05) is 41.9 Å². The maximum atomic E-state index is 11.9. The number of hydrogen-bond donors (Lipinski definition) is 2. The van der Waals surface area contributed by atoms with Gasteiger partial charge in [0.2, 0.25) is 0 Å². The normalized spacial score (nSPS) is 10.6. The number of amides is 2. The molecule has 32 heavy (non-hydrogen) atoms.